The predicted molar refractivity (Wildman–Crippen MR) is 43.7 cm³/mol. The summed E-state index contributed by atoms with van der Waals surface area (Å²) in [4.78, 5) is 4.55. The summed E-state index contributed by atoms with van der Waals surface area (Å²) in [6.07, 6.45) is 0. The first kappa shape index (κ1) is 7.57. The third-order valence-electron chi connectivity index (χ3n) is 1.21. The fraction of sp³-hybridized carbons (Fsp3) is 0.143. The Morgan fingerprint density at radius 2 is 2.20 bits per heavy atom. The lowest BCUT2D eigenvalue weighted by Gasteiger charge is -2.00. The lowest BCUT2D eigenvalue weighted by Crippen LogP contribution is -2.02. The second-order valence-corrected chi connectivity index (χ2v) is 2.91. The van der Waals surface area contributed by atoms with E-state index in [0.29, 0.717) is 5.75 Å². The molecule has 0 aliphatic heterocycles. The van der Waals surface area contributed by atoms with Crippen LogP contribution in [0.5, 0.6) is 5.75 Å². The van der Waals surface area contributed by atoms with Gasteiger partial charge in [0.1, 0.15) is 0 Å². The Morgan fingerprint density at radius 1 is 1.50 bits per heavy atom. The van der Waals surface area contributed by atoms with Crippen LogP contribution in [0.4, 0.5) is 0 Å². The molecule has 0 radical (unpaired) electrons. The third-order valence-corrected chi connectivity index (χ3v) is 1.83. The van der Waals surface area contributed by atoms with E-state index in [-0.39, 0.29) is 0 Å². The van der Waals surface area contributed by atoms with Crippen LogP contribution in [0.2, 0.25) is 0 Å². The number of halogens is 1. The van der Waals surface area contributed by atoms with Crippen molar-refractivity contribution in [3.05, 3.63) is 28.2 Å². The van der Waals surface area contributed by atoms with Gasteiger partial charge in [0.15, 0.2) is 5.75 Å². The Labute approximate surface area is 68.1 Å². The fourth-order valence-electron chi connectivity index (χ4n) is 0.701. The first-order valence-electron chi connectivity index (χ1n) is 2.87. The number of nitrogens with two attached hydrogens (primary N) is 1. The molecule has 0 fully saturated rings. The molecule has 0 bridgehead atoms. The predicted octanol–water partition coefficient (Wildman–Crippen LogP) is 2.01. The summed E-state index contributed by atoms with van der Waals surface area (Å²) in [6.45, 7) is 2.01. The lowest BCUT2D eigenvalue weighted by molar-refractivity contribution is 0.332. The van der Waals surface area contributed by atoms with Gasteiger partial charge < -0.3 is 4.84 Å². The highest BCUT2D eigenvalue weighted by Crippen LogP contribution is 2.24. The molecule has 1 aromatic rings. The average Bonchev–Trinajstić information content (AvgIpc) is 1.88. The molecule has 2 N–H and O–H groups in total. The SMILES string of the molecule is Cc1ccc(ON)c(Br)c1. The Kier molecular flexibility index (Phi) is 2.29. The lowest BCUT2D eigenvalue weighted by atomic mass is 10.2. The number of hydrogen-bond acceptors (Lipinski definition) is 2. The van der Waals surface area contributed by atoms with Crippen LogP contribution in [0.1, 0.15) is 5.56 Å². The largest absolute Gasteiger partial charge is 0.410 e. The molecule has 0 amide bonds. The Hall–Kier alpha value is -0.540. The van der Waals surface area contributed by atoms with Crippen molar-refractivity contribution in [2.24, 2.45) is 5.90 Å². The number of rotatable bonds is 1. The highest BCUT2D eigenvalue weighted by molar-refractivity contribution is 9.10. The van der Waals surface area contributed by atoms with E-state index in [2.05, 4.69) is 20.8 Å². The summed E-state index contributed by atoms with van der Waals surface area (Å²) >= 11 is 3.30. The van der Waals surface area contributed by atoms with Crippen LogP contribution < -0.4 is 10.7 Å². The van der Waals surface area contributed by atoms with Gasteiger partial charge in [-0.05, 0) is 40.5 Å². The molecule has 3 heteroatoms. The van der Waals surface area contributed by atoms with Crippen LogP contribution in [0.3, 0.4) is 0 Å². The van der Waals surface area contributed by atoms with E-state index in [1.54, 1.807) is 0 Å². The van der Waals surface area contributed by atoms with Crippen LogP contribution in [0.25, 0.3) is 0 Å². The molecule has 0 saturated carbocycles. The van der Waals surface area contributed by atoms with E-state index in [9.17, 15) is 0 Å². The first-order chi connectivity index (χ1) is 4.74. The van der Waals surface area contributed by atoms with Gasteiger partial charge in [-0.2, -0.15) is 5.90 Å². The minimum absolute atomic E-state index is 0.658. The first-order valence-corrected chi connectivity index (χ1v) is 3.66. The maximum atomic E-state index is 4.97. The van der Waals surface area contributed by atoms with Crippen molar-refractivity contribution in [3.63, 3.8) is 0 Å². The van der Waals surface area contributed by atoms with E-state index in [4.69, 9.17) is 5.90 Å². The van der Waals surface area contributed by atoms with Crippen molar-refractivity contribution in [3.8, 4) is 5.75 Å². The zero-order valence-electron chi connectivity index (χ0n) is 5.60. The molecular formula is C7H8BrNO. The van der Waals surface area contributed by atoms with Gasteiger partial charge >= 0.3 is 0 Å². The molecule has 10 heavy (non-hydrogen) atoms. The van der Waals surface area contributed by atoms with Crippen molar-refractivity contribution in [2.75, 3.05) is 0 Å². The summed E-state index contributed by atoms with van der Waals surface area (Å²) in [5.41, 5.74) is 1.17. The van der Waals surface area contributed by atoms with E-state index in [1.165, 1.54) is 5.56 Å². The van der Waals surface area contributed by atoms with Gasteiger partial charge in [-0.1, -0.05) is 6.07 Å². The summed E-state index contributed by atoms with van der Waals surface area (Å²) in [5, 5.41) is 0. The Bertz CT molecular complexity index is 237. The molecule has 0 aromatic heterocycles. The molecule has 1 aromatic carbocycles. The zero-order chi connectivity index (χ0) is 7.56. The third kappa shape index (κ3) is 1.49. The Morgan fingerprint density at radius 3 is 2.70 bits per heavy atom. The molecular weight excluding hydrogens is 194 g/mol. The quantitative estimate of drug-likeness (QED) is 0.707. The second-order valence-electron chi connectivity index (χ2n) is 2.05. The number of aryl methyl sites for hydroxylation is 1. The summed E-state index contributed by atoms with van der Waals surface area (Å²) in [7, 11) is 0. The molecule has 1 rings (SSSR count). The number of benzene rings is 1. The monoisotopic (exact) mass is 201 g/mol. The molecule has 54 valence electrons. The van der Waals surface area contributed by atoms with E-state index in [0.717, 1.165) is 4.47 Å². The minimum atomic E-state index is 0.658. The average molecular weight is 202 g/mol. The van der Waals surface area contributed by atoms with Crippen molar-refractivity contribution in [1.29, 1.82) is 0 Å². The molecule has 0 unspecified atom stereocenters. The normalized spacial score (nSPS) is 9.50. The van der Waals surface area contributed by atoms with Gasteiger partial charge in [0.2, 0.25) is 0 Å². The van der Waals surface area contributed by atoms with E-state index >= 15 is 0 Å². The van der Waals surface area contributed by atoms with Gasteiger partial charge in [0.05, 0.1) is 4.47 Å². The van der Waals surface area contributed by atoms with Crippen molar-refractivity contribution in [2.45, 2.75) is 6.92 Å². The van der Waals surface area contributed by atoms with Gasteiger partial charge in [-0.3, -0.25) is 0 Å². The summed E-state index contributed by atoms with van der Waals surface area (Å²) < 4.78 is 0.884. The molecule has 0 heterocycles. The maximum Gasteiger partial charge on any atom is 0.161 e. The van der Waals surface area contributed by atoms with Crippen LogP contribution >= 0.6 is 15.9 Å². The summed E-state index contributed by atoms with van der Waals surface area (Å²) in [5.74, 6) is 5.63. The molecule has 0 aliphatic rings. The van der Waals surface area contributed by atoms with Crippen LogP contribution in [0, 0.1) is 6.92 Å². The standard InChI is InChI=1S/C7H8BrNO/c1-5-2-3-7(10-9)6(8)4-5/h2-4H,9H2,1H3. The molecule has 2 nitrogen and oxygen atoms in total. The smallest absolute Gasteiger partial charge is 0.161 e. The van der Waals surface area contributed by atoms with Gasteiger partial charge in [-0.15, -0.1) is 0 Å². The highest BCUT2D eigenvalue weighted by Gasteiger charge is 1.97. The maximum absolute atomic E-state index is 4.97. The second kappa shape index (κ2) is 3.03. The minimum Gasteiger partial charge on any atom is -0.410 e. The molecule has 0 spiro atoms. The van der Waals surface area contributed by atoms with Crippen molar-refractivity contribution in [1.82, 2.24) is 0 Å². The van der Waals surface area contributed by atoms with Crippen LogP contribution in [0.15, 0.2) is 22.7 Å². The number of hydrogen-bond donors (Lipinski definition) is 1. The van der Waals surface area contributed by atoms with Gasteiger partial charge in [-0.25, -0.2) is 0 Å². The Balaban J connectivity index is 3.07. The van der Waals surface area contributed by atoms with Crippen LogP contribution in [-0.2, 0) is 0 Å². The topological polar surface area (TPSA) is 35.2 Å². The zero-order valence-corrected chi connectivity index (χ0v) is 7.18. The summed E-state index contributed by atoms with van der Waals surface area (Å²) in [6, 6.07) is 5.70. The molecule has 0 atom stereocenters. The fourth-order valence-corrected chi connectivity index (χ4v) is 1.29. The van der Waals surface area contributed by atoms with E-state index < -0.39 is 0 Å². The molecule has 0 saturated heterocycles. The van der Waals surface area contributed by atoms with Crippen molar-refractivity contribution >= 4 is 15.9 Å². The van der Waals surface area contributed by atoms with Crippen LogP contribution in [-0.4, -0.2) is 0 Å². The van der Waals surface area contributed by atoms with Crippen molar-refractivity contribution < 1.29 is 4.84 Å². The highest BCUT2D eigenvalue weighted by atomic mass is 79.9. The van der Waals surface area contributed by atoms with E-state index in [1.807, 2.05) is 25.1 Å². The van der Waals surface area contributed by atoms with Gasteiger partial charge in [0, 0.05) is 0 Å². The molecule has 0 aliphatic carbocycles. The van der Waals surface area contributed by atoms with Gasteiger partial charge in [0.25, 0.3) is 0 Å².